The fourth-order valence-electron chi connectivity index (χ4n) is 2.99. The molecule has 3 rings (SSSR count). The summed E-state index contributed by atoms with van der Waals surface area (Å²) in [5, 5.41) is 0. The normalized spacial score (nSPS) is 10.4. The van der Waals surface area contributed by atoms with Crippen LogP contribution < -0.4 is 0 Å². The van der Waals surface area contributed by atoms with E-state index < -0.39 is 0 Å². The Kier molecular flexibility index (Phi) is 6.90. The smallest absolute Gasteiger partial charge is 0.123 e. The van der Waals surface area contributed by atoms with Crippen molar-refractivity contribution in [3.8, 4) is 22.4 Å². The highest BCUT2D eigenvalue weighted by atomic mass is 19.1. The molecule has 0 fully saturated rings. The van der Waals surface area contributed by atoms with Crippen LogP contribution in [0.3, 0.4) is 0 Å². The second kappa shape index (κ2) is 9.14. The van der Waals surface area contributed by atoms with E-state index in [-0.39, 0.29) is 5.82 Å². The van der Waals surface area contributed by atoms with Crippen LogP contribution in [-0.2, 0) is 4.79 Å². The molecule has 0 atom stereocenters. The summed E-state index contributed by atoms with van der Waals surface area (Å²) in [5.74, 6) is 0.203. The average Bonchev–Trinajstić information content (AvgIpc) is 3.01. The molecule has 0 unspecified atom stereocenters. The number of aromatic amines is 1. The first kappa shape index (κ1) is 19.6. The highest BCUT2D eigenvalue weighted by Gasteiger charge is 2.18. The quantitative estimate of drug-likeness (QED) is 0.534. The lowest BCUT2D eigenvalue weighted by molar-refractivity contribution is -0.107. The Morgan fingerprint density at radius 2 is 1.58 bits per heavy atom. The topological polar surface area (TPSA) is 32.9 Å². The molecule has 0 aliphatic heterocycles. The van der Waals surface area contributed by atoms with Crippen molar-refractivity contribution in [2.24, 2.45) is 0 Å². The zero-order valence-corrected chi connectivity index (χ0v) is 15.8. The van der Waals surface area contributed by atoms with Gasteiger partial charge in [-0.05, 0) is 53.8 Å². The standard InChI is InChI=1S/C20H20FN.C3H6O/c1-13(2)19-14(3)18(15-7-5-4-6-8-15)20(22-19)16-9-11-17(21)12-10-16;1-2-3-4/h4-13,22H,1-3H3;3H,2H2,1H3. The van der Waals surface area contributed by atoms with Crippen molar-refractivity contribution < 1.29 is 9.18 Å². The lowest BCUT2D eigenvalue weighted by Gasteiger charge is -2.07. The van der Waals surface area contributed by atoms with Gasteiger partial charge in [-0.25, -0.2) is 4.39 Å². The van der Waals surface area contributed by atoms with Crippen molar-refractivity contribution in [3.63, 3.8) is 0 Å². The summed E-state index contributed by atoms with van der Waals surface area (Å²) in [7, 11) is 0. The largest absolute Gasteiger partial charge is 0.357 e. The lowest BCUT2D eigenvalue weighted by atomic mass is 9.96. The lowest BCUT2D eigenvalue weighted by Crippen LogP contribution is -1.90. The fourth-order valence-corrected chi connectivity index (χ4v) is 2.99. The molecule has 2 nitrogen and oxygen atoms in total. The minimum absolute atomic E-state index is 0.211. The van der Waals surface area contributed by atoms with Crippen LogP contribution in [0.4, 0.5) is 4.39 Å². The van der Waals surface area contributed by atoms with E-state index in [4.69, 9.17) is 0 Å². The second-order valence-corrected chi connectivity index (χ2v) is 6.52. The van der Waals surface area contributed by atoms with Crippen molar-refractivity contribution >= 4 is 6.29 Å². The Hall–Kier alpha value is -2.68. The van der Waals surface area contributed by atoms with Gasteiger partial charge in [0.2, 0.25) is 0 Å². The Balaban J connectivity index is 0.000000552. The van der Waals surface area contributed by atoms with Gasteiger partial charge < -0.3 is 9.78 Å². The zero-order chi connectivity index (χ0) is 19.1. The van der Waals surface area contributed by atoms with Crippen molar-refractivity contribution in [1.82, 2.24) is 4.98 Å². The van der Waals surface area contributed by atoms with Crippen molar-refractivity contribution in [3.05, 3.63) is 71.7 Å². The molecule has 2 aromatic carbocycles. The number of hydrogen-bond acceptors (Lipinski definition) is 1. The molecule has 1 aromatic heterocycles. The molecule has 3 heteroatoms. The van der Waals surface area contributed by atoms with Gasteiger partial charge in [0.25, 0.3) is 0 Å². The molecular formula is C23H26FNO. The molecule has 26 heavy (non-hydrogen) atoms. The van der Waals surface area contributed by atoms with Gasteiger partial charge in [0, 0.05) is 17.7 Å². The van der Waals surface area contributed by atoms with E-state index in [9.17, 15) is 9.18 Å². The molecule has 0 radical (unpaired) electrons. The third-order valence-corrected chi connectivity index (χ3v) is 4.23. The van der Waals surface area contributed by atoms with Crippen LogP contribution >= 0.6 is 0 Å². The second-order valence-electron chi connectivity index (χ2n) is 6.52. The van der Waals surface area contributed by atoms with Crippen LogP contribution in [0.5, 0.6) is 0 Å². The van der Waals surface area contributed by atoms with Gasteiger partial charge >= 0.3 is 0 Å². The van der Waals surface area contributed by atoms with Crippen LogP contribution in [0, 0.1) is 12.7 Å². The summed E-state index contributed by atoms with van der Waals surface area (Å²) in [5.41, 5.74) is 6.96. The highest BCUT2D eigenvalue weighted by molar-refractivity contribution is 5.84. The predicted molar refractivity (Wildman–Crippen MR) is 107 cm³/mol. The van der Waals surface area contributed by atoms with Gasteiger partial charge in [0.15, 0.2) is 0 Å². The zero-order valence-electron chi connectivity index (χ0n) is 15.8. The van der Waals surface area contributed by atoms with Crippen molar-refractivity contribution in [2.45, 2.75) is 40.0 Å². The summed E-state index contributed by atoms with van der Waals surface area (Å²) in [6.07, 6.45) is 1.51. The molecular weight excluding hydrogens is 325 g/mol. The Labute approximate surface area is 155 Å². The number of aldehydes is 1. The number of benzene rings is 2. The highest BCUT2D eigenvalue weighted by Crippen LogP contribution is 2.38. The van der Waals surface area contributed by atoms with E-state index in [1.807, 2.05) is 37.3 Å². The van der Waals surface area contributed by atoms with Crippen LogP contribution in [0.25, 0.3) is 22.4 Å². The summed E-state index contributed by atoms with van der Waals surface area (Å²) in [4.78, 5) is 12.7. The molecule has 0 aliphatic carbocycles. The van der Waals surface area contributed by atoms with Gasteiger partial charge in [-0.2, -0.15) is 0 Å². The molecule has 0 spiro atoms. The van der Waals surface area contributed by atoms with Crippen LogP contribution in [-0.4, -0.2) is 11.3 Å². The number of H-pyrrole nitrogens is 1. The first-order valence-electron chi connectivity index (χ1n) is 8.97. The Morgan fingerprint density at radius 3 is 2.08 bits per heavy atom. The number of nitrogens with one attached hydrogen (secondary N) is 1. The van der Waals surface area contributed by atoms with Gasteiger partial charge in [-0.15, -0.1) is 0 Å². The van der Waals surface area contributed by atoms with Crippen molar-refractivity contribution in [2.75, 3.05) is 0 Å². The maximum absolute atomic E-state index is 13.2. The summed E-state index contributed by atoms with van der Waals surface area (Å²) in [6, 6.07) is 17.0. The molecule has 0 saturated heterocycles. The van der Waals surface area contributed by atoms with E-state index in [1.54, 1.807) is 0 Å². The summed E-state index contributed by atoms with van der Waals surface area (Å²) < 4.78 is 13.2. The van der Waals surface area contributed by atoms with E-state index >= 15 is 0 Å². The molecule has 1 N–H and O–H groups in total. The van der Waals surface area contributed by atoms with Crippen molar-refractivity contribution in [1.29, 1.82) is 0 Å². The third-order valence-electron chi connectivity index (χ3n) is 4.23. The minimum atomic E-state index is -0.211. The Bertz CT molecular complexity index is 833. The fraction of sp³-hybridized carbons (Fsp3) is 0.261. The summed E-state index contributed by atoms with van der Waals surface area (Å²) in [6.45, 7) is 8.33. The average molecular weight is 351 g/mol. The molecule has 0 aliphatic rings. The van der Waals surface area contributed by atoms with E-state index in [2.05, 4.69) is 37.9 Å². The van der Waals surface area contributed by atoms with Gasteiger partial charge in [0.05, 0.1) is 5.69 Å². The molecule has 0 amide bonds. The predicted octanol–water partition coefficient (Wildman–Crippen LogP) is 6.51. The molecule has 1 heterocycles. The molecule has 0 bridgehead atoms. The number of rotatable bonds is 4. The number of carbonyl (C=O) groups is 1. The first-order chi connectivity index (χ1) is 12.5. The minimum Gasteiger partial charge on any atom is -0.357 e. The van der Waals surface area contributed by atoms with Crippen LogP contribution in [0.2, 0.25) is 0 Å². The molecule has 3 aromatic rings. The number of carbonyl (C=O) groups excluding carboxylic acids is 1. The molecule has 0 saturated carbocycles. The maximum Gasteiger partial charge on any atom is 0.123 e. The Morgan fingerprint density at radius 1 is 1.00 bits per heavy atom. The number of halogens is 1. The summed E-state index contributed by atoms with van der Waals surface area (Å²) >= 11 is 0. The number of hydrogen-bond donors (Lipinski definition) is 1. The van der Waals surface area contributed by atoms with E-state index in [1.165, 1.54) is 34.5 Å². The van der Waals surface area contributed by atoms with Gasteiger partial charge in [-0.3, -0.25) is 0 Å². The van der Waals surface area contributed by atoms with Gasteiger partial charge in [0.1, 0.15) is 12.1 Å². The van der Waals surface area contributed by atoms with E-state index in [0.717, 1.165) is 17.5 Å². The maximum atomic E-state index is 13.2. The van der Waals surface area contributed by atoms with Gasteiger partial charge in [-0.1, -0.05) is 51.1 Å². The third kappa shape index (κ3) is 4.48. The molecule has 136 valence electrons. The monoisotopic (exact) mass is 351 g/mol. The van der Waals surface area contributed by atoms with E-state index in [0.29, 0.717) is 12.3 Å². The SMILES string of the molecule is CCC=O.Cc1c(C(C)C)[nH]c(-c2ccc(F)cc2)c1-c1ccccc1. The first-order valence-corrected chi connectivity index (χ1v) is 8.97. The van der Waals surface area contributed by atoms with Crippen LogP contribution in [0.1, 0.15) is 44.4 Å². The number of aromatic nitrogens is 1. The van der Waals surface area contributed by atoms with Crippen LogP contribution in [0.15, 0.2) is 54.6 Å².